The molecule has 0 aromatic rings. The van der Waals surface area contributed by atoms with Gasteiger partial charge in [0, 0.05) is 6.42 Å². The Labute approximate surface area is 207 Å². The van der Waals surface area contributed by atoms with Gasteiger partial charge in [-0.1, -0.05) is 40.5 Å². The first-order valence-electron chi connectivity index (χ1n) is 12.2. The number of ether oxygens (including phenoxy) is 1. The molecule has 2 rings (SSSR count). The Morgan fingerprint density at radius 1 is 0.914 bits per heavy atom. The van der Waals surface area contributed by atoms with Crippen LogP contribution in [0.25, 0.3) is 0 Å². The molecule has 2 fully saturated rings. The molecule has 0 spiro atoms. The molecule has 35 heavy (non-hydrogen) atoms. The molecule has 0 bridgehead atoms. The standard InChI is InChI=1S/C20H41O12P3/c1-5-19(22,6-2)33(23,24)20(7-3,8-4)31-35(27,28)32-34(25,26)29-14-18-16(21)13-17(30-18)15-11-9-10-12-15/h15-18,21-22H,5-14H2,1-4H3,(H,23,24)(H,25,26)(H,27,28). The van der Waals surface area contributed by atoms with Crippen molar-refractivity contribution in [2.75, 3.05) is 6.61 Å². The number of hydrogen-bond donors (Lipinski definition) is 5. The predicted molar refractivity (Wildman–Crippen MR) is 128 cm³/mol. The first-order chi connectivity index (χ1) is 16.1. The molecule has 1 aliphatic carbocycles. The summed E-state index contributed by atoms with van der Waals surface area (Å²) in [5, 5.41) is 16.7. The molecule has 0 radical (unpaired) electrons. The van der Waals surface area contributed by atoms with Crippen molar-refractivity contribution in [3.63, 3.8) is 0 Å². The quantitative estimate of drug-likeness (QED) is 0.188. The molecular formula is C20H41O12P3. The van der Waals surface area contributed by atoms with Crippen molar-refractivity contribution in [3.05, 3.63) is 0 Å². The zero-order valence-corrected chi connectivity index (χ0v) is 23.5. The number of phosphoric acid groups is 2. The number of phosphoric ester groups is 2. The minimum absolute atomic E-state index is 0.133. The van der Waals surface area contributed by atoms with Gasteiger partial charge in [0.15, 0.2) is 5.34 Å². The summed E-state index contributed by atoms with van der Waals surface area (Å²) in [6, 6.07) is 0. The lowest BCUT2D eigenvalue weighted by Crippen LogP contribution is -2.41. The summed E-state index contributed by atoms with van der Waals surface area (Å²) in [5.41, 5.74) is 0. The fourth-order valence-corrected chi connectivity index (χ4v) is 10.6. The highest BCUT2D eigenvalue weighted by Gasteiger charge is 2.60. The van der Waals surface area contributed by atoms with E-state index >= 15 is 0 Å². The fraction of sp³-hybridized carbons (Fsp3) is 1.00. The van der Waals surface area contributed by atoms with Gasteiger partial charge in [0.25, 0.3) is 7.37 Å². The van der Waals surface area contributed by atoms with Crippen molar-refractivity contribution >= 4 is 23.0 Å². The third-order valence-electron chi connectivity index (χ3n) is 7.43. The first kappa shape index (κ1) is 31.5. The molecule has 0 aromatic heterocycles. The molecule has 2 aliphatic rings. The highest BCUT2D eigenvalue weighted by molar-refractivity contribution is 7.63. The molecule has 15 heteroatoms. The Morgan fingerprint density at radius 3 is 1.94 bits per heavy atom. The maximum Gasteiger partial charge on any atom is 0.482 e. The van der Waals surface area contributed by atoms with Crippen LogP contribution in [0.1, 0.15) is 85.5 Å². The van der Waals surface area contributed by atoms with Gasteiger partial charge in [-0.05, 0) is 44.4 Å². The van der Waals surface area contributed by atoms with Crippen LogP contribution in [0.2, 0.25) is 0 Å². The molecule has 0 amide bonds. The van der Waals surface area contributed by atoms with E-state index in [0.29, 0.717) is 12.3 Å². The normalized spacial score (nSPS) is 29.6. The lowest BCUT2D eigenvalue weighted by molar-refractivity contribution is -0.0369. The second-order valence-corrected chi connectivity index (χ2v) is 15.2. The maximum atomic E-state index is 13.4. The first-order valence-corrected chi connectivity index (χ1v) is 16.9. The van der Waals surface area contributed by atoms with Gasteiger partial charge >= 0.3 is 15.6 Å². The number of rotatable bonds is 14. The van der Waals surface area contributed by atoms with Crippen LogP contribution in [-0.4, -0.2) is 60.5 Å². The molecule has 1 saturated heterocycles. The van der Waals surface area contributed by atoms with Crippen LogP contribution in [0.3, 0.4) is 0 Å². The van der Waals surface area contributed by atoms with E-state index < -0.39 is 52.5 Å². The third kappa shape index (κ3) is 7.05. The van der Waals surface area contributed by atoms with E-state index in [0.717, 1.165) is 25.7 Å². The Balaban J connectivity index is 2.09. The van der Waals surface area contributed by atoms with Gasteiger partial charge in [-0.3, -0.25) is 13.6 Å². The van der Waals surface area contributed by atoms with Crippen LogP contribution < -0.4 is 0 Å². The van der Waals surface area contributed by atoms with Crippen molar-refractivity contribution < 1.29 is 56.7 Å². The molecule has 1 heterocycles. The molecule has 208 valence electrons. The van der Waals surface area contributed by atoms with Gasteiger partial charge in [-0.2, -0.15) is 4.31 Å². The van der Waals surface area contributed by atoms with Crippen LogP contribution in [-0.2, 0) is 31.8 Å². The SMILES string of the molecule is CCC(O)(CC)P(=O)(O)C(CC)(CC)OP(=O)(O)OP(=O)(O)OCC1OC(C2CCCC2)CC1O. The van der Waals surface area contributed by atoms with Gasteiger partial charge in [-0.15, -0.1) is 0 Å². The average molecular weight is 566 g/mol. The molecule has 6 unspecified atom stereocenters. The van der Waals surface area contributed by atoms with Gasteiger partial charge in [0.1, 0.15) is 11.4 Å². The summed E-state index contributed by atoms with van der Waals surface area (Å²) in [6.07, 6.45) is 1.62. The Bertz CT molecular complexity index is 837. The summed E-state index contributed by atoms with van der Waals surface area (Å²) >= 11 is 0. The van der Waals surface area contributed by atoms with Gasteiger partial charge < -0.3 is 29.6 Å². The van der Waals surface area contributed by atoms with E-state index in [2.05, 4.69) is 4.31 Å². The molecule has 5 N–H and O–H groups in total. The van der Waals surface area contributed by atoms with Crippen molar-refractivity contribution in [1.29, 1.82) is 0 Å². The molecule has 6 atom stereocenters. The summed E-state index contributed by atoms with van der Waals surface area (Å²) in [5.74, 6) is 0.299. The van der Waals surface area contributed by atoms with Crippen molar-refractivity contribution in [1.82, 2.24) is 0 Å². The smallest absolute Gasteiger partial charge is 0.390 e. The minimum atomic E-state index is -5.45. The topological polar surface area (TPSA) is 189 Å². The van der Waals surface area contributed by atoms with Crippen LogP contribution in [0, 0.1) is 5.92 Å². The van der Waals surface area contributed by atoms with Gasteiger partial charge in [0.2, 0.25) is 0 Å². The number of hydrogen-bond acceptors (Lipinski definition) is 9. The van der Waals surface area contributed by atoms with Crippen LogP contribution in [0.4, 0.5) is 0 Å². The lowest BCUT2D eigenvalue weighted by Gasteiger charge is -2.43. The van der Waals surface area contributed by atoms with E-state index in [9.17, 15) is 38.6 Å². The maximum absolute atomic E-state index is 13.4. The predicted octanol–water partition coefficient (Wildman–Crippen LogP) is 4.24. The zero-order chi connectivity index (χ0) is 26.7. The van der Waals surface area contributed by atoms with Crippen molar-refractivity contribution in [2.45, 2.75) is 114 Å². The fourth-order valence-electron chi connectivity index (χ4n) is 5.02. The Hall–Kier alpha value is 0.330. The van der Waals surface area contributed by atoms with E-state index in [4.69, 9.17) is 13.8 Å². The number of aliphatic hydroxyl groups is 2. The molecular weight excluding hydrogens is 525 g/mol. The highest BCUT2D eigenvalue weighted by atomic mass is 31.3. The zero-order valence-electron chi connectivity index (χ0n) is 20.8. The highest BCUT2D eigenvalue weighted by Crippen LogP contribution is 2.73. The molecule has 0 aromatic carbocycles. The molecule has 1 aliphatic heterocycles. The third-order valence-corrected chi connectivity index (χ3v) is 13.9. The molecule has 1 saturated carbocycles. The van der Waals surface area contributed by atoms with Crippen LogP contribution in [0.15, 0.2) is 0 Å². The van der Waals surface area contributed by atoms with Crippen molar-refractivity contribution in [2.24, 2.45) is 5.92 Å². The van der Waals surface area contributed by atoms with Crippen LogP contribution in [0.5, 0.6) is 0 Å². The second-order valence-electron chi connectivity index (χ2n) is 9.39. The lowest BCUT2D eigenvalue weighted by atomic mass is 9.97. The summed E-state index contributed by atoms with van der Waals surface area (Å²) < 4.78 is 58.6. The monoisotopic (exact) mass is 566 g/mol. The minimum Gasteiger partial charge on any atom is -0.390 e. The van der Waals surface area contributed by atoms with Crippen LogP contribution >= 0.6 is 23.0 Å². The summed E-state index contributed by atoms with van der Waals surface area (Å²) in [7, 11) is -15.4. The largest absolute Gasteiger partial charge is 0.482 e. The Morgan fingerprint density at radius 2 is 1.46 bits per heavy atom. The summed E-state index contributed by atoms with van der Waals surface area (Å²) in [6.45, 7) is 5.25. The summed E-state index contributed by atoms with van der Waals surface area (Å²) in [4.78, 5) is 31.2. The van der Waals surface area contributed by atoms with E-state index in [1.165, 1.54) is 27.7 Å². The van der Waals surface area contributed by atoms with E-state index in [1.54, 1.807) is 0 Å². The van der Waals surface area contributed by atoms with Gasteiger partial charge in [-0.25, -0.2) is 9.13 Å². The molecule has 12 nitrogen and oxygen atoms in total. The van der Waals surface area contributed by atoms with Gasteiger partial charge in [0.05, 0.1) is 18.8 Å². The number of aliphatic hydroxyl groups excluding tert-OH is 1. The Kier molecular flexibility index (Phi) is 10.8. The van der Waals surface area contributed by atoms with E-state index in [-0.39, 0.29) is 31.8 Å². The second kappa shape index (κ2) is 12.0. The van der Waals surface area contributed by atoms with Crippen molar-refractivity contribution in [3.8, 4) is 0 Å². The van der Waals surface area contributed by atoms with E-state index in [1.807, 2.05) is 0 Å². The average Bonchev–Trinajstić information content (AvgIpc) is 3.44.